The van der Waals surface area contributed by atoms with E-state index in [1.54, 1.807) is 0 Å². The van der Waals surface area contributed by atoms with E-state index in [1.807, 2.05) is 5.32 Å². The highest BCUT2D eigenvalue weighted by Crippen LogP contribution is 2.39. The Labute approximate surface area is 91.5 Å². The Morgan fingerprint density at radius 1 is 1.06 bits per heavy atom. The number of ether oxygens (including phenoxy) is 1. The Kier molecular flexibility index (Phi) is 3.39. The first-order valence-corrected chi connectivity index (χ1v) is 4.09. The monoisotopic (exact) mass is 260 g/mol. The quantitative estimate of drug-likeness (QED) is 0.679. The Balaban J connectivity index is 3.26. The molecule has 9 heteroatoms. The molecule has 1 rings (SSSR count). The number of rotatable bonds is 0. The normalized spacial score (nSPS) is 17.5. The van der Waals surface area contributed by atoms with Crippen LogP contribution in [0.25, 0.3) is 0 Å². The summed E-state index contributed by atoms with van der Waals surface area (Å²) in [5.41, 5.74) is -3.75. The van der Waals surface area contributed by atoms with E-state index in [1.165, 1.54) is 0 Å². The molecule has 0 aromatic carbocycles. The van der Waals surface area contributed by atoms with Crippen molar-refractivity contribution in [2.24, 2.45) is 4.99 Å². The van der Waals surface area contributed by atoms with E-state index in [-0.39, 0.29) is 12.4 Å². The minimum atomic E-state index is -5.16. The van der Waals surface area contributed by atoms with Crippen LogP contribution in [0.2, 0.25) is 0 Å². The number of allylic oxidation sites excluding steroid dienone is 2. The molecule has 0 aromatic rings. The summed E-state index contributed by atoms with van der Waals surface area (Å²) in [4.78, 5) is 3.10. The van der Waals surface area contributed by atoms with Crippen LogP contribution in [0.1, 0.15) is 0 Å². The van der Waals surface area contributed by atoms with Gasteiger partial charge in [-0.1, -0.05) is 0 Å². The summed E-state index contributed by atoms with van der Waals surface area (Å²) in [6.07, 6.45) is -10.1. The van der Waals surface area contributed by atoms with E-state index in [4.69, 9.17) is 0 Å². The van der Waals surface area contributed by atoms with Gasteiger partial charge in [0.15, 0.2) is 0 Å². The molecule has 0 saturated carbocycles. The maximum absolute atomic E-state index is 12.4. The Bertz CT molecular complexity index is 390. The fraction of sp³-hybridized carbons (Fsp3) is 0.375. The summed E-state index contributed by atoms with van der Waals surface area (Å²) < 4.78 is 78.7. The van der Waals surface area contributed by atoms with Gasteiger partial charge in [0.05, 0.1) is 18.3 Å². The zero-order valence-corrected chi connectivity index (χ0v) is 8.28. The number of aliphatic imine (C=N–C) groups is 1. The molecular weight excluding hydrogens is 254 g/mol. The molecule has 0 unspecified atom stereocenters. The average Bonchev–Trinajstić information content (AvgIpc) is 2.36. The molecule has 1 heterocycles. The molecule has 0 fully saturated rings. The van der Waals surface area contributed by atoms with Gasteiger partial charge in [-0.15, -0.1) is 0 Å². The maximum atomic E-state index is 12.4. The molecule has 96 valence electrons. The van der Waals surface area contributed by atoms with E-state index in [9.17, 15) is 26.3 Å². The molecule has 3 nitrogen and oxygen atoms in total. The highest BCUT2D eigenvalue weighted by atomic mass is 19.4. The van der Waals surface area contributed by atoms with Crippen molar-refractivity contribution in [1.82, 2.24) is 5.32 Å². The molecule has 0 spiro atoms. The van der Waals surface area contributed by atoms with Gasteiger partial charge in [0.1, 0.15) is 0 Å². The fourth-order valence-electron chi connectivity index (χ4n) is 1.01. The van der Waals surface area contributed by atoms with Crippen molar-refractivity contribution in [2.45, 2.75) is 12.4 Å². The number of hydrogen-bond acceptors (Lipinski definition) is 3. The molecule has 0 atom stereocenters. The van der Waals surface area contributed by atoms with Gasteiger partial charge in [0.25, 0.3) is 6.02 Å². The highest BCUT2D eigenvalue weighted by molar-refractivity contribution is 5.76. The maximum Gasteiger partial charge on any atom is 0.418 e. The number of amidine groups is 1. The molecule has 1 N–H and O–H groups in total. The van der Waals surface area contributed by atoms with Crippen molar-refractivity contribution in [2.75, 3.05) is 7.11 Å². The minimum absolute atomic E-state index is 0.0676. The van der Waals surface area contributed by atoms with E-state index < -0.39 is 29.5 Å². The molecule has 0 radical (unpaired) electrons. The third kappa shape index (κ3) is 3.14. The van der Waals surface area contributed by atoms with Gasteiger partial charge in [-0.25, -0.2) is 4.99 Å². The number of halogens is 6. The van der Waals surface area contributed by atoms with Gasteiger partial charge >= 0.3 is 12.4 Å². The number of methoxy groups -OCH3 is 1. The first-order chi connectivity index (χ1) is 7.66. The average molecular weight is 260 g/mol. The summed E-state index contributed by atoms with van der Waals surface area (Å²) in [5, 5.41) is 1.88. The predicted octanol–water partition coefficient (Wildman–Crippen LogP) is 2.48. The van der Waals surface area contributed by atoms with Crippen LogP contribution in [0.15, 0.2) is 28.5 Å². The third-order valence-electron chi connectivity index (χ3n) is 1.75. The van der Waals surface area contributed by atoms with Crippen LogP contribution in [0.5, 0.6) is 0 Å². The molecular formula is C8H6F6N2O. The van der Waals surface area contributed by atoms with Crippen LogP contribution >= 0.6 is 0 Å². The smallest absolute Gasteiger partial charge is 0.418 e. The van der Waals surface area contributed by atoms with Gasteiger partial charge in [-0.2, -0.15) is 26.3 Å². The molecule has 0 saturated heterocycles. The summed E-state index contributed by atoms with van der Waals surface area (Å²) in [6, 6.07) is -0.467. The summed E-state index contributed by atoms with van der Waals surface area (Å²) >= 11 is 0. The zero-order valence-electron chi connectivity index (χ0n) is 8.28. The minimum Gasteiger partial charge on any atom is -0.468 e. The van der Waals surface area contributed by atoms with Crippen molar-refractivity contribution in [1.29, 1.82) is 0 Å². The van der Waals surface area contributed by atoms with Crippen LogP contribution in [0.4, 0.5) is 26.3 Å². The number of nitrogens with zero attached hydrogens (tertiary/aromatic N) is 1. The summed E-state index contributed by atoms with van der Waals surface area (Å²) in [5.74, 6) is 0. The summed E-state index contributed by atoms with van der Waals surface area (Å²) in [7, 11) is 1.05. The molecule has 17 heavy (non-hydrogen) atoms. The lowest BCUT2D eigenvalue weighted by molar-refractivity contribution is -0.118. The van der Waals surface area contributed by atoms with E-state index >= 15 is 0 Å². The zero-order chi connectivity index (χ0) is 13.3. The van der Waals surface area contributed by atoms with Crippen LogP contribution in [0, 0.1) is 0 Å². The Morgan fingerprint density at radius 2 is 1.59 bits per heavy atom. The van der Waals surface area contributed by atoms with Crippen LogP contribution in [-0.4, -0.2) is 25.5 Å². The molecule has 1 aliphatic rings. The summed E-state index contributed by atoms with van der Waals surface area (Å²) in [6.45, 7) is 0. The SMILES string of the molecule is COC1=NC=C(C(F)(F)F)C(C(F)(F)F)=CN1. The number of nitrogens with one attached hydrogen (secondary N) is 1. The second-order valence-corrected chi connectivity index (χ2v) is 2.88. The van der Waals surface area contributed by atoms with Crippen molar-refractivity contribution < 1.29 is 31.1 Å². The molecule has 0 bridgehead atoms. The first-order valence-electron chi connectivity index (χ1n) is 4.09. The van der Waals surface area contributed by atoms with Crippen LogP contribution in [0.3, 0.4) is 0 Å². The first kappa shape index (κ1) is 13.4. The second-order valence-electron chi connectivity index (χ2n) is 2.88. The van der Waals surface area contributed by atoms with E-state index in [2.05, 4.69) is 9.73 Å². The lowest BCUT2D eigenvalue weighted by Gasteiger charge is -2.16. The fourth-order valence-corrected chi connectivity index (χ4v) is 1.01. The Hall–Kier alpha value is -1.67. The van der Waals surface area contributed by atoms with Crippen molar-refractivity contribution in [3.63, 3.8) is 0 Å². The second kappa shape index (κ2) is 4.30. The molecule has 0 amide bonds. The third-order valence-corrected chi connectivity index (χ3v) is 1.75. The van der Waals surface area contributed by atoms with Gasteiger partial charge in [0.2, 0.25) is 0 Å². The van der Waals surface area contributed by atoms with Crippen molar-refractivity contribution in [3.8, 4) is 0 Å². The number of alkyl halides is 6. The Morgan fingerprint density at radius 3 is 2.00 bits per heavy atom. The lowest BCUT2D eigenvalue weighted by atomic mass is 10.1. The standard InChI is InChI=1S/C8H6F6N2O/c1-17-6-15-2-4(7(9,10)11)5(3-16-6)8(12,13)14/h2-3H,1H3,(H,15,16). The molecule has 0 aromatic heterocycles. The predicted molar refractivity (Wildman–Crippen MR) is 45.9 cm³/mol. The van der Waals surface area contributed by atoms with Gasteiger partial charge in [0, 0.05) is 12.4 Å². The van der Waals surface area contributed by atoms with E-state index in [0.717, 1.165) is 7.11 Å². The van der Waals surface area contributed by atoms with Gasteiger partial charge in [-0.05, 0) is 0 Å². The largest absolute Gasteiger partial charge is 0.468 e. The van der Waals surface area contributed by atoms with E-state index in [0.29, 0.717) is 0 Å². The van der Waals surface area contributed by atoms with Crippen LogP contribution in [-0.2, 0) is 4.74 Å². The molecule has 1 aliphatic heterocycles. The molecule has 0 aliphatic carbocycles. The highest BCUT2D eigenvalue weighted by Gasteiger charge is 2.47. The lowest BCUT2D eigenvalue weighted by Crippen LogP contribution is -2.25. The van der Waals surface area contributed by atoms with Crippen molar-refractivity contribution >= 4 is 6.02 Å². The van der Waals surface area contributed by atoms with Gasteiger partial charge < -0.3 is 10.1 Å². The van der Waals surface area contributed by atoms with Crippen molar-refractivity contribution in [3.05, 3.63) is 23.5 Å². The van der Waals surface area contributed by atoms with Gasteiger partial charge in [-0.3, -0.25) is 0 Å². The van der Waals surface area contributed by atoms with Crippen LogP contribution < -0.4 is 5.32 Å². The topological polar surface area (TPSA) is 33.6 Å². The number of hydrogen-bond donors (Lipinski definition) is 1.